The highest BCUT2D eigenvalue weighted by Gasteiger charge is 2.23. The molecule has 0 bridgehead atoms. The minimum atomic E-state index is -0.151. The predicted octanol–water partition coefficient (Wildman–Crippen LogP) is 2.50. The largest absolute Gasteiger partial charge is 0.497 e. The molecule has 2 heterocycles. The molecule has 1 N–H and O–H groups in total. The van der Waals surface area contributed by atoms with Crippen LogP contribution in [0.25, 0.3) is 6.08 Å². The summed E-state index contributed by atoms with van der Waals surface area (Å²) in [4.78, 5) is 12.2. The summed E-state index contributed by atoms with van der Waals surface area (Å²) in [6.45, 7) is 0.421. The summed E-state index contributed by atoms with van der Waals surface area (Å²) in [7, 11) is 1.62. The number of ether oxygens (including phenoxy) is 2. The Morgan fingerprint density at radius 1 is 1.50 bits per heavy atom. The van der Waals surface area contributed by atoms with Crippen molar-refractivity contribution in [3.05, 3.63) is 40.3 Å². The van der Waals surface area contributed by atoms with E-state index in [1.165, 1.54) is 11.8 Å². The van der Waals surface area contributed by atoms with Crippen molar-refractivity contribution in [1.29, 1.82) is 0 Å². The maximum atomic E-state index is 11.6. The van der Waals surface area contributed by atoms with Gasteiger partial charge in [-0.15, -0.1) is 0 Å². The number of benzene rings is 1. The van der Waals surface area contributed by atoms with Gasteiger partial charge in [-0.2, -0.15) is 0 Å². The average molecular weight is 305 g/mol. The van der Waals surface area contributed by atoms with Crippen LogP contribution >= 0.6 is 24.0 Å². The number of carbonyl (C=O) groups is 1. The van der Waals surface area contributed by atoms with Crippen LogP contribution in [-0.2, 0) is 4.79 Å². The van der Waals surface area contributed by atoms with Gasteiger partial charge in [0.1, 0.15) is 22.4 Å². The zero-order valence-corrected chi connectivity index (χ0v) is 12.3. The van der Waals surface area contributed by atoms with Gasteiger partial charge in [-0.1, -0.05) is 24.0 Å². The lowest BCUT2D eigenvalue weighted by Gasteiger charge is -2.17. The van der Waals surface area contributed by atoms with E-state index in [-0.39, 0.29) is 5.91 Å². The second-order valence-corrected chi connectivity index (χ2v) is 5.98. The predicted molar refractivity (Wildman–Crippen MR) is 82.9 cm³/mol. The molecule has 6 heteroatoms. The average Bonchev–Trinajstić information content (AvgIpc) is 2.76. The van der Waals surface area contributed by atoms with E-state index in [2.05, 4.69) is 5.32 Å². The van der Waals surface area contributed by atoms with Crippen molar-refractivity contribution in [2.45, 2.75) is 0 Å². The first kappa shape index (κ1) is 13.2. The van der Waals surface area contributed by atoms with E-state index in [1.54, 1.807) is 7.11 Å². The normalized spacial score (nSPS) is 19.2. The fourth-order valence-electron chi connectivity index (χ4n) is 1.96. The highest BCUT2D eigenvalue weighted by molar-refractivity contribution is 8.26. The summed E-state index contributed by atoms with van der Waals surface area (Å²) in [6.07, 6.45) is 3.81. The summed E-state index contributed by atoms with van der Waals surface area (Å²) in [5.74, 6) is 1.39. The van der Waals surface area contributed by atoms with Crippen LogP contribution in [0.15, 0.2) is 34.8 Å². The lowest BCUT2D eigenvalue weighted by Crippen LogP contribution is -2.18. The minimum absolute atomic E-state index is 0.151. The Morgan fingerprint density at radius 2 is 2.35 bits per heavy atom. The highest BCUT2D eigenvalue weighted by atomic mass is 32.2. The maximum absolute atomic E-state index is 11.6. The van der Waals surface area contributed by atoms with Gasteiger partial charge < -0.3 is 14.8 Å². The maximum Gasteiger partial charge on any atom is 0.263 e. The van der Waals surface area contributed by atoms with Gasteiger partial charge in [-0.3, -0.25) is 4.79 Å². The molecular formula is C14H11NO3S2. The summed E-state index contributed by atoms with van der Waals surface area (Å²) in [6, 6.07) is 5.65. The highest BCUT2D eigenvalue weighted by Crippen LogP contribution is 2.32. The van der Waals surface area contributed by atoms with Crippen molar-refractivity contribution >= 4 is 40.3 Å². The third-order valence-corrected chi connectivity index (χ3v) is 4.08. The molecule has 1 fully saturated rings. The molecule has 2 aliphatic rings. The number of methoxy groups -OCH3 is 1. The summed E-state index contributed by atoms with van der Waals surface area (Å²) >= 11 is 6.23. The van der Waals surface area contributed by atoms with Gasteiger partial charge in [0.05, 0.1) is 12.0 Å². The molecule has 0 radical (unpaired) electrons. The van der Waals surface area contributed by atoms with Gasteiger partial charge in [0.2, 0.25) is 0 Å². The quantitative estimate of drug-likeness (QED) is 0.672. The molecule has 0 aliphatic carbocycles. The van der Waals surface area contributed by atoms with Crippen molar-refractivity contribution in [2.75, 3.05) is 13.7 Å². The van der Waals surface area contributed by atoms with Crippen molar-refractivity contribution in [2.24, 2.45) is 0 Å². The van der Waals surface area contributed by atoms with Crippen molar-refractivity contribution in [3.63, 3.8) is 0 Å². The Kier molecular flexibility index (Phi) is 3.50. The molecule has 102 valence electrons. The van der Waals surface area contributed by atoms with Crippen molar-refractivity contribution in [1.82, 2.24) is 5.32 Å². The smallest absolute Gasteiger partial charge is 0.263 e. The van der Waals surface area contributed by atoms with Gasteiger partial charge in [0, 0.05) is 11.6 Å². The first-order chi connectivity index (χ1) is 9.65. The molecule has 0 saturated carbocycles. The number of hydrogen-bond acceptors (Lipinski definition) is 5. The van der Waals surface area contributed by atoms with Gasteiger partial charge in [-0.05, 0) is 29.9 Å². The fraction of sp³-hybridized carbons (Fsp3) is 0.143. The topological polar surface area (TPSA) is 47.6 Å². The molecule has 0 unspecified atom stereocenters. The van der Waals surface area contributed by atoms with Crippen LogP contribution in [0.4, 0.5) is 0 Å². The van der Waals surface area contributed by atoms with Gasteiger partial charge in [0.15, 0.2) is 0 Å². The minimum Gasteiger partial charge on any atom is -0.497 e. The summed E-state index contributed by atoms with van der Waals surface area (Å²) in [5.41, 5.74) is 1.90. The van der Waals surface area contributed by atoms with E-state index in [1.807, 2.05) is 30.4 Å². The van der Waals surface area contributed by atoms with E-state index < -0.39 is 0 Å². The van der Waals surface area contributed by atoms with Crippen LogP contribution in [0.2, 0.25) is 0 Å². The number of amides is 1. The fourth-order valence-corrected chi connectivity index (χ4v) is 3.02. The molecular weight excluding hydrogens is 294 g/mol. The molecule has 1 aromatic carbocycles. The van der Waals surface area contributed by atoms with Crippen LogP contribution in [-0.4, -0.2) is 23.9 Å². The number of fused-ring (bicyclic) bond motifs is 1. The first-order valence-electron chi connectivity index (χ1n) is 5.92. The molecule has 2 aliphatic heterocycles. The number of carbonyl (C=O) groups excluding carboxylic acids is 1. The molecule has 4 nitrogen and oxygen atoms in total. The standard InChI is InChI=1S/C14H11NO3S2/c1-17-10-3-2-9-4-8(7-18-11(9)6-10)5-12-13(16)15-14(19)20-12/h2-6H,7H2,1H3,(H,15,16,19)/b12-5-. The first-order valence-corrected chi connectivity index (χ1v) is 7.14. The zero-order valence-electron chi connectivity index (χ0n) is 10.6. The Bertz CT molecular complexity index is 664. The third-order valence-electron chi connectivity index (χ3n) is 2.91. The molecule has 0 atom stereocenters. The van der Waals surface area contributed by atoms with Gasteiger partial charge >= 0.3 is 0 Å². The molecule has 0 aromatic heterocycles. The second kappa shape index (κ2) is 5.30. The van der Waals surface area contributed by atoms with Crippen LogP contribution in [0, 0.1) is 0 Å². The number of nitrogens with one attached hydrogen (secondary N) is 1. The molecule has 1 aromatic rings. The van der Waals surface area contributed by atoms with Crippen LogP contribution in [0.5, 0.6) is 11.5 Å². The third kappa shape index (κ3) is 2.57. The molecule has 20 heavy (non-hydrogen) atoms. The van der Waals surface area contributed by atoms with Gasteiger partial charge in [0.25, 0.3) is 5.91 Å². The lowest BCUT2D eigenvalue weighted by atomic mass is 10.1. The van der Waals surface area contributed by atoms with Gasteiger partial charge in [-0.25, -0.2) is 0 Å². The van der Waals surface area contributed by atoms with E-state index in [0.29, 0.717) is 15.8 Å². The second-order valence-electron chi connectivity index (χ2n) is 4.26. The Labute approximate surface area is 125 Å². The van der Waals surface area contributed by atoms with E-state index in [4.69, 9.17) is 21.7 Å². The van der Waals surface area contributed by atoms with Crippen molar-refractivity contribution < 1.29 is 14.3 Å². The van der Waals surface area contributed by atoms with E-state index in [9.17, 15) is 4.79 Å². The Morgan fingerprint density at radius 3 is 3.05 bits per heavy atom. The molecule has 1 saturated heterocycles. The number of hydrogen-bond donors (Lipinski definition) is 1. The summed E-state index contributed by atoms with van der Waals surface area (Å²) in [5, 5.41) is 2.59. The number of thioether (sulfide) groups is 1. The monoisotopic (exact) mass is 305 g/mol. The van der Waals surface area contributed by atoms with Crippen molar-refractivity contribution in [3.8, 4) is 11.5 Å². The molecule has 1 amide bonds. The number of rotatable bonds is 2. The van der Waals surface area contributed by atoms with E-state index in [0.717, 1.165) is 22.6 Å². The molecule has 3 rings (SSSR count). The zero-order chi connectivity index (χ0) is 14.1. The van der Waals surface area contributed by atoms with Crippen LogP contribution < -0.4 is 14.8 Å². The number of thiocarbonyl (C=S) groups is 1. The SMILES string of the molecule is COc1ccc2c(c1)OCC(/C=C1\SC(=S)NC1=O)=C2. The molecule has 0 spiro atoms. The Balaban J connectivity index is 1.89. The van der Waals surface area contributed by atoms with Crippen LogP contribution in [0.3, 0.4) is 0 Å². The van der Waals surface area contributed by atoms with Crippen LogP contribution in [0.1, 0.15) is 5.56 Å². The Hall–Kier alpha value is -1.79. The lowest BCUT2D eigenvalue weighted by molar-refractivity contribution is -0.115. The summed E-state index contributed by atoms with van der Waals surface area (Å²) < 4.78 is 11.3. The van der Waals surface area contributed by atoms with E-state index >= 15 is 0 Å².